The van der Waals surface area contributed by atoms with Crippen LogP contribution in [-0.4, -0.2) is 24.9 Å². The molecule has 0 fully saturated rings. The maximum absolute atomic E-state index is 9.98. The van der Waals surface area contributed by atoms with Crippen molar-refractivity contribution in [3.8, 4) is 17.1 Å². The number of hydrogen-bond donors (Lipinski definition) is 1. The molecule has 6 heteroatoms. The predicted molar refractivity (Wildman–Crippen MR) is 80.4 cm³/mol. The highest BCUT2D eigenvalue weighted by atomic mass is 35.5. The molecule has 0 unspecified atom stereocenters. The fraction of sp³-hybridized carbons (Fsp3) is 0. The van der Waals surface area contributed by atoms with Crippen molar-refractivity contribution in [3.05, 3.63) is 53.7 Å². The van der Waals surface area contributed by atoms with Gasteiger partial charge in [0.05, 0.1) is 5.56 Å². The monoisotopic (exact) mass is 296 g/mol. The Morgan fingerprint density at radius 2 is 1.62 bits per heavy atom. The Kier molecular flexibility index (Phi) is 2.55. The summed E-state index contributed by atoms with van der Waals surface area (Å²) in [5.74, 6) is 0.577. The lowest BCUT2D eigenvalue weighted by molar-refractivity contribution is 0.476. The predicted octanol–water partition coefficient (Wildman–Crippen LogP) is 3.30. The molecule has 0 radical (unpaired) electrons. The maximum Gasteiger partial charge on any atom is 0.189 e. The fourth-order valence-electron chi connectivity index (χ4n) is 2.37. The van der Waals surface area contributed by atoms with Crippen LogP contribution in [0, 0.1) is 0 Å². The Hall–Kier alpha value is -2.66. The van der Waals surface area contributed by atoms with E-state index in [0.29, 0.717) is 22.2 Å². The van der Waals surface area contributed by atoms with Crippen LogP contribution in [0.25, 0.3) is 27.8 Å². The molecule has 0 atom stereocenters. The zero-order chi connectivity index (χ0) is 14.4. The molecule has 4 rings (SSSR count). The highest BCUT2D eigenvalue weighted by Crippen LogP contribution is 2.30. The van der Waals surface area contributed by atoms with Crippen LogP contribution < -0.4 is 0 Å². The fourth-order valence-corrected chi connectivity index (χ4v) is 2.61. The normalized spacial score (nSPS) is 11.3. The van der Waals surface area contributed by atoms with E-state index in [1.54, 1.807) is 22.7 Å². The van der Waals surface area contributed by atoms with E-state index in [9.17, 15) is 5.11 Å². The first kappa shape index (κ1) is 12.1. The molecule has 4 aromatic rings. The second-order valence-corrected chi connectivity index (χ2v) is 4.97. The molecule has 0 spiro atoms. The van der Waals surface area contributed by atoms with E-state index in [2.05, 4.69) is 15.3 Å². The number of rotatable bonds is 1. The van der Waals surface area contributed by atoms with Gasteiger partial charge in [-0.2, -0.15) is 9.61 Å². The van der Waals surface area contributed by atoms with Gasteiger partial charge in [0.15, 0.2) is 16.6 Å². The quantitative estimate of drug-likeness (QED) is 0.585. The van der Waals surface area contributed by atoms with Crippen LogP contribution in [0.15, 0.2) is 48.5 Å². The Labute approximate surface area is 124 Å². The van der Waals surface area contributed by atoms with Gasteiger partial charge in [-0.15, -0.1) is 10.2 Å². The number of hydrogen-bond acceptors (Lipinski definition) is 4. The zero-order valence-corrected chi connectivity index (χ0v) is 11.5. The number of para-hydroxylation sites is 1. The van der Waals surface area contributed by atoms with Gasteiger partial charge in [0.1, 0.15) is 5.75 Å². The average Bonchev–Trinajstić information content (AvgIpc) is 2.92. The van der Waals surface area contributed by atoms with Crippen LogP contribution in [-0.2, 0) is 0 Å². The molecule has 2 aromatic carbocycles. The Balaban J connectivity index is 2.12. The first-order valence-corrected chi connectivity index (χ1v) is 6.71. The molecule has 0 aliphatic heterocycles. The van der Waals surface area contributed by atoms with Crippen molar-refractivity contribution < 1.29 is 5.11 Å². The van der Waals surface area contributed by atoms with Gasteiger partial charge in [-0.05, 0) is 12.1 Å². The van der Waals surface area contributed by atoms with Crippen LogP contribution in [0.1, 0.15) is 0 Å². The molecule has 102 valence electrons. The summed E-state index contributed by atoms with van der Waals surface area (Å²) in [6, 6.07) is 14.5. The minimum Gasteiger partial charge on any atom is -0.507 e. The van der Waals surface area contributed by atoms with E-state index in [1.165, 1.54) is 0 Å². The summed E-state index contributed by atoms with van der Waals surface area (Å²) in [7, 11) is 0. The highest BCUT2D eigenvalue weighted by molar-refractivity contribution is 6.34. The SMILES string of the molecule is Oc1ccccc1-c1nnc2c3ccccc3c(Cl)nn12. The van der Waals surface area contributed by atoms with Crippen molar-refractivity contribution in [1.82, 2.24) is 19.8 Å². The van der Waals surface area contributed by atoms with Crippen molar-refractivity contribution in [3.63, 3.8) is 0 Å². The largest absolute Gasteiger partial charge is 0.507 e. The van der Waals surface area contributed by atoms with Crippen molar-refractivity contribution in [2.24, 2.45) is 0 Å². The molecule has 2 aromatic heterocycles. The maximum atomic E-state index is 9.98. The van der Waals surface area contributed by atoms with Gasteiger partial charge in [0, 0.05) is 10.8 Å². The number of aromatic hydroxyl groups is 1. The summed E-state index contributed by atoms with van der Waals surface area (Å²) >= 11 is 6.24. The number of benzene rings is 2. The number of nitrogens with zero attached hydrogens (tertiary/aromatic N) is 4. The lowest BCUT2D eigenvalue weighted by atomic mass is 10.2. The number of phenols is 1. The molecule has 0 aliphatic rings. The molecular weight excluding hydrogens is 288 g/mol. The molecule has 0 bridgehead atoms. The molecule has 21 heavy (non-hydrogen) atoms. The van der Waals surface area contributed by atoms with Gasteiger partial charge in [0.25, 0.3) is 0 Å². The first-order valence-electron chi connectivity index (χ1n) is 6.34. The summed E-state index contributed by atoms with van der Waals surface area (Å²) in [6.07, 6.45) is 0. The van der Waals surface area contributed by atoms with Gasteiger partial charge in [0.2, 0.25) is 0 Å². The summed E-state index contributed by atoms with van der Waals surface area (Å²) in [5, 5.41) is 24.7. The molecule has 0 amide bonds. The summed E-state index contributed by atoms with van der Waals surface area (Å²) in [5.41, 5.74) is 1.16. The lowest BCUT2D eigenvalue weighted by Crippen LogP contribution is -1.97. The van der Waals surface area contributed by atoms with Crippen LogP contribution in [0.2, 0.25) is 5.15 Å². The number of fused-ring (bicyclic) bond motifs is 3. The molecular formula is C15H9ClN4O. The topological polar surface area (TPSA) is 63.3 Å². The number of phenolic OH excluding ortho intramolecular Hbond substituents is 1. The van der Waals surface area contributed by atoms with Gasteiger partial charge in [-0.1, -0.05) is 48.0 Å². The van der Waals surface area contributed by atoms with E-state index in [1.807, 2.05) is 30.3 Å². The third-order valence-electron chi connectivity index (χ3n) is 3.36. The minimum atomic E-state index is 0.123. The molecule has 2 heterocycles. The van der Waals surface area contributed by atoms with Gasteiger partial charge >= 0.3 is 0 Å². The zero-order valence-electron chi connectivity index (χ0n) is 10.7. The van der Waals surface area contributed by atoms with Crippen LogP contribution in [0.3, 0.4) is 0 Å². The average molecular weight is 297 g/mol. The second kappa shape index (κ2) is 4.43. The van der Waals surface area contributed by atoms with Gasteiger partial charge in [-0.3, -0.25) is 0 Å². The summed E-state index contributed by atoms with van der Waals surface area (Å²) < 4.78 is 1.56. The van der Waals surface area contributed by atoms with E-state index in [4.69, 9.17) is 11.6 Å². The van der Waals surface area contributed by atoms with Crippen LogP contribution >= 0.6 is 11.6 Å². The first-order chi connectivity index (χ1) is 10.3. The standard InChI is InChI=1S/C15H9ClN4O/c16-13-9-5-1-2-6-10(9)14-17-18-15(20(14)19-13)11-7-3-4-8-12(11)21/h1-8,21H. The van der Waals surface area contributed by atoms with E-state index in [0.717, 1.165) is 10.8 Å². The van der Waals surface area contributed by atoms with Crippen molar-refractivity contribution in [1.29, 1.82) is 0 Å². The Bertz CT molecular complexity index is 980. The van der Waals surface area contributed by atoms with Crippen molar-refractivity contribution >= 4 is 28.0 Å². The van der Waals surface area contributed by atoms with Crippen LogP contribution in [0.4, 0.5) is 0 Å². The Morgan fingerprint density at radius 3 is 2.43 bits per heavy atom. The van der Waals surface area contributed by atoms with E-state index >= 15 is 0 Å². The Morgan fingerprint density at radius 1 is 0.905 bits per heavy atom. The van der Waals surface area contributed by atoms with Crippen molar-refractivity contribution in [2.45, 2.75) is 0 Å². The highest BCUT2D eigenvalue weighted by Gasteiger charge is 2.16. The number of aromatic nitrogens is 4. The van der Waals surface area contributed by atoms with Crippen molar-refractivity contribution in [2.75, 3.05) is 0 Å². The summed E-state index contributed by atoms with van der Waals surface area (Å²) in [4.78, 5) is 0. The minimum absolute atomic E-state index is 0.123. The number of halogens is 1. The smallest absolute Gasteiger partial charge is 0.189 e. The molecule has 0 aliphatic carbocycles. The molecule has 1 N–H and O–H groups in total. The third-order valence-corrected chi connectivity index (χ3v) is 3.64. The molecule has 0 saturated carbocycles. The van der Waals surface area contributed by atoms with Gasteiger partial charge in [-0.25, -0.2) is 0 Å². The van der Waals surface area contributed by atoms with Crippen LogP contribution in [0.5, 0.6) is 5.75 Å². The third kappa shape index (κ3) is 1.75. The lowest BCUT2D eigenvalue weighted by Gasteiger charge is -2.04. The molecule has 5 nitrogen and oxygen atoms in total. The van der Waals surface area contributed by atoms with E-state index in [-0.39, 0.29) is 5.75 Å². The van der Waals surface area contributed by atoms with E-state index < -0.39 is 0 Å². The molecule has 0 saturated heterocycles. The summed E-state index contributed by atoms with van der Waals surface area (Å²) in [6.45, 7) is 0. The van der Waals surface area contributed by atoms with Gasteiger partial charge < -0.3 is 5.11 Å². The second-order valence-electron chi connectivity index (χ2n) is 4.61.